The number of fused-ring (bicyclic) bond motifs is 1. The topological polar surface area (TPSA) is 55.6 Å². The minimum absolute atomic E-state index is 0.173. The van der Waals surface area contributed by atoms with Crippen molar-refractivity contribution in [3.8, 4) is 5.75 Å². The average Bonchev–Trinajstić information content (AvgIpc) is 3.13. The molecular weight excluding hydrogens is 422 g/mol. The molecule has 0 bridgehead atoms. The maximum Gasteiger partial charge on any atom is 0.244 e. The number of hydrazone groups is 1. The number of carbonyl (C=O) groups excluding carboxylic acids is 1. The van der Waals surface area contributed by atoms with E-state index in [0.29, 0.717) is 13.2 Å². The lowest BCUT2D eigenvalue weighted by Gasteiger charge is -2.05. The van der Waals surface area contributed by atoms with Gasteiger partial charge in [0.25, 0.3) is 0 Å². The highest BCUT2D eigenvalue weighted by molar-refractivity contribution is 6.30. The predicted molar refractivity (Wildman–Crippen MR) is 130 cm³/mol. The molecule has 162 valence electrons. The lowest BCUT2D eigenvalue weighted by Crippen LogP contribution is -2.19. The van der Waals surface area contributed by atoms with Gasteiger partial charge in [0.15, 0.2) is 0 Å². The van der Waals surface area contributed by atoms with Crippen LogP contribution in [-0.2, 0) is 17.8 Å². The summed E-state index contributed by atoms with van der Waals surface area (Å²) in [5.41, 5.74) is 6.67. The number of benzene rings is 3. The second kappa shape index (κ2) is 10.2. The minimum Gasteiger partial charge on any atom is -0.494 e. The Morgan fingerprint density at radius 3 is 2.66 bits per heavy atom. The maximum absolute atomic E-state index is 12.3. The van der Waals surface area contributed by atoms with Crippen molar-refractivity contribution in [3.05, 3.63) is 101 Å². The highest BCUT2D eigenvalue weighted by Crippen LogP contribution is 2.22. The van der Waals surface area contributed by atoms with E-state index in [1.54, 1.807) is 6.21 Å². The van der Waals surface area contributed by atoms with Crippen molar-refractivity contribution in [2.75, 3.05) is 6.61 Å². The highest BCUT2D eigenvalue weighted by atomic mass is 35.5. The third-order valence-electron chi connectivity index (χ3n) is 5.05. The van der Waals surface area contributed by atoms with Crippen molar-refractivity contribution in [3.63, 3.8) is 0 Å². The van der Waals surface area contributed by atoms with Gasteiger partial charge in [0.1, 0.15) is 5.75 Å². The first kappa shape index (κ1) is 21.7. The van der Waals surface area contributed by atoms with Crippen molar-refractivity contribution in [1.29, 1.82) is 0 Å². The largest absolute Gasteiger partial charge is 0.494 e. The molecule has 6 heteroatoms. The van der Waals surface area contributed by atoms with Gasteiger partial charge in [-0.1, -0.05) is 54.1 Å². The molecule has 0 atom stereocenters. The summed E-state index contributed by atoms with van der Waals surface area (Å²) >= 11 is 6.14. The zero-order chi connectivity index (χ0) is 22.3. The van der Waals surface area contributed by atoms with Crippen LogP contribution in [0.1, 0.15) is 23.6 Å². The summed E-state index contributed by atoms with van der Waals surface area (Å²) < 4.78 is 7.58. The first-order chi connectivity index (χ1) is 15.6. The van der Waals surface area contributed by atoms with Gasteiger partial charge in [0.2, 0.25) is 5.91 Å². The van der Waals surface area contributed by atoms with Gasteiger partial charge >= 0.3 is 0 Å². The molecule has 1 N–H and O–H groups in total. The summed E-state index contributed by atoms with van der Waals surface area (Å²) in [6.07, 6.45) is 3.97. The van der Waals surface area contributed by atoms with Gasteiger partial charge in [0.05, 0.1) is 19.2 Å². The number of para-hydroxylation sites is 1. The van der Waals surface area contributed by atoms with Crippen LogP contribution in [0.5, 0.6) is 5.75 Å². The zero-order valence-electron chi connectivity index (χ0n) is 17.8. The Kier molecular flexibility index (Phi) is 6.87. The molecule has 4 aromatic rings. The summed E-state index contributed by atoms with van der Waals surface area (Å²) in [6.45, 7) is 3.25. The van der Waals surface area contributed by atoms with Crippen LogP contribution < -0.4 is 10.2 Å². The van der Waals surface area contributed by atoms with Gasteiger partial charge < -0.3 is 9.30 Å². The summed E-state index contributed by atoms with van der Waals surface area (Å²) in [4.78, 5) is 12.3. The summed E-state index contributed by atoms with van der Waals surface area (Å²) in [5.74, 6) is 0.622. The zero-order valence-corrected chi connectivity index (χ0v) is 18.5. The van der Waals surface area contributed by atoms with Crippen LogP contribution in [0, 0.1) is 0 Å². The van der Waals surface area contributed by atoms with E-state index in [-0.39, 0.29) is 12.3 Å². The Morgan fingerprint density at radius 2 is 1.88 bits per heavy atom. The third-order valence-corrected chi connectivity index (χ3v) is 5.29. The fourth-order valence-electron chi connectivity index (χ4n) is 3.61. The number of amides is 1. The van der Waals surface area contributed by atoms with E-state index in [1.807, 2.05) is 73.8 Å². The van der Waals surface area contributed by atoms with Crippen LogP contribution in [0.25, 0.3) is 10.9 Å². The van der Waals surface area contributed by atoms with Crippen molar-refractivity contribution in [2.24, 2.45) is 5.10 Å². The highest BCUT2D eigenvalue weighted by Gasteiger charge is 2.08. The van der Waals surface area contributed by atoms with Gasteiger partial charge in [0, 0.05) is 34.2 Å². The van der Waals surface area contributed by atoms with E-state index in [1.165, 1.54) is 0 Å². The second-order valence-corrected chi connectivity index (χ2v) is 7.84. The molecule has 0 unspecified atom stereocenters. The van der Waals surface area contributed by atoms with Gasteiger partial charge in [-0.3, -0.25) is 4.79 Å². The molecule has 0 aliphatic carbocycles. The molecular formula is C26H24ClN3O2. The molecule has 3 aromatic carbocycles. The maximum atomic E-state index is 12.3. The Balaban J connectivity index is 1.44. The molecule has 1 amide bonds. The third kappa shape index (κ3) is 5.37. The molecule has 0 spiro atoms. The van der Waals surface area contributed by atoms with Crippen molar-refractivity contribution >= 4 is 34.6 Å². The predicted octanol–water partition coefficient (Wildman–Crippen LogP) is 5.43. The molecule has 0 fully saturated rings. The Hall–Kier alpha value is -3.57. The summed E-state index contributed by atoms with van der Waals surface area (Å²) in [5, 5.41) is 5.97. The number of rotatable bonds is 8. The minimum atomic E-state index is -0.173. The monoisotopic (exact) mass is 445 g/mol. The number of halogens is 1. The first-order valence-corrected chi connectivity index (χ1v) is 10.9. The standard InChI is InChI=1S/C26H24ClN3O2/c1-2-32-23-12-10-19(11-13-23)15-26(31)29-28-16-21-18-30(25-9-4-3-8-24(21)25)17-20-6-5-7-22(27)14-20/h3-14,16,18H,2,15,17H2,1H3,(H,29,31)/b28-16-. The number of hydrogen-bond donors (Lipinski definition) is 1. The van der Waals surface area contributed by atoms with Crippen LogP contribution in [0.3, 0.4) is 0 Å². The lowest BCUT2D eigenvalue weighted by atomic mass is 10.1. The smallest absolute Gasteiger partial charge is 0.244 e. The van der Waals surface area contributed by atoms with E-state index < -0.39 is 0 Å². The van der Waals surface area contributed by atoms with E-state index in [0.717, 1.165) is 38.4 Å². The molecule has 1 heterocycles. The van der Waals surface area contributed by atoms with E-state index in [9.17, 15) is 4.79 Å². The second-order valence-electron chi connectivity index (χ2n) is 7.41. The van der Waals surface area contributed by atoms with Crippen LogP contribution in [-0.4, -0.2) is 23.3 Å². The molecule has 5 nitrogen and oxygen atoms in total. The molecule has 1 aromatic heterocycles. The molecule has 32 heavy (non-hydrogen) atoms. The SMILES string of the molecule is CCOc1ccc(CC(=O)N/N=C\c2cn(Cc3cccc(Cl)c3)c3ccccc23)cc1. The van der Waals surface area contributed by atoms with Crippen LogP contribution in [0.4, 0.5) is 0 Å². The number of ether oxygens (including phenoxy) is 1. The molecule has 0 aliphatic heterocycles. The molecule has 0 radical (unpaired) electrons. The number of aromatic nitrogens is 1. The number of nitrogens with one attached hydrogen (secondary N) is 1. The quantitative estimate of drug-likeness (QED) is 0.290. The normalized spacial score (nSPS) is 11.2. The van der Waals surface area contributed by atoms with Crippen molar-refractivity contribution < 1.29 is 9.53 Å². The molecule has 4 rings (SSSR count). The fraction of sp³-hybridized carbons (Fsp3) is 0.154. The van der Waals surface area contributed by atoms with Crippen LogP contribution in [0.2, 0.25) is 5.02 Å². The van der Waals surface area contributed by atoms with Gasteiger partial charge in [-0.2, -0.15) is 5.10 Å². The Morgan fingerprint density at radius 1 is 1.06 bits per heavy atom. The summed E-state index contributed by atoms with van der Waals surface area (Å²) in [7, 11) is 0. The van der Waals surface area contributed by atoms with Gasteiger partial charge in [-0.05, 0) is 48.4 Å². The molecule has 0 aliphatic rings. The summed E-state index contributed by atoms with van der Waals surface area (Å²) in [6, 6.07) is 23.5. The Bertz CT molecular complexity index is 1250. The number of hydrogen-bond acceptors (Lipinski definition) is 3. The number of nitrogens with zero attached hydrogens (tertiary/aromatic N) is 2. The van der Waals surface area contributed by atoms with E-state index >= 15 is 0 Å². The molecule has 0 saturated heterocycles. The van der Waals surface area contributed by atoms with Crippen molar-refractivity contribution in [1.82, 2.24) is 9.99 Å². The Labute approximate surface area is 192 Å². The van der Waals surface area contributed by atoms with Crippen LogP contribution >= 0.6 is 11.6 Å². The average molecular weight is 446 g/mol. The lowest BCUT2D eigenvalue weighted by molar-refractivity contribution is -0.120. The van der Waals surface area contributed by atoms with Gasteiger partial charge in [-0.25, -0.2) is 5.43 Å². The van der Waals surface area contributed by atoms with E-state index in [2.05, 4.69) is 27.2 Å². The fourth-order valence-corrected chi connectivity index (χ4v) is 3.82. The van der Waals surface area contributed by atoms with Crippen LogP contribution in [0.15, 0.2) is 84.1 Å². The van der Waals surface area contributed by atoms with Gasteiger partial charge in [-0.15, -0.1) is 0 Å². The van der Waals surface area contributed by atoms with E-state index in [4.69, 9.17) is 16.3 Å². The number of carbonyl (C=O) groups is 1. The first-order valence-electron chi connectivity index (χ1n) is 10.5. The van der Waals surface area contributed by atoms with Crippen molar-refractivity contribution in [2.45, 2.75) is 19.9 Å². The molecule has 0 saturated carbocycles.